The fourth-order valence-electron chi connectivity index (χ4n) is 4.24. The number of morpholine rings is 1. The topological polar surface area (TPSA) is 46.1 Å². The lowest BCUT2D eigenvalue weighted by molar-refractivity contribution is -0.0817. The molecule has 2 heterocycles. The number of aliphatic imine (C=N–C) groups is 1. The third kappa shape index (κ3) is 5.09. The SMILES string of the molecule is CCNC(=NCCC1CCCCC1)N1CCOC(C2CCCO2)C1. The highest BCUT2D eigenvalue weighted by molar-refractivity contribution is 5.80. The lowest BCUT2D eigenvalue weighted by atomic mass is 9.87. The van der Waals surface area contributed by atoms with Crippen LogP contribution >= 0.6 is 0 Å². The van der Waals surface area contributed by atoms with Gasteiger partial charge in [-0.25, -0.2) is 0 Å². The Labute approximate surface area is 147 Å². The standard InChI is InChI=1S/C19H35N3O2/c1-2-20-19(21-11-10-16-7-4-3-5-8-16)22-12-14-24-18(15-22)17-9-6-13-23-17/h16-18H,2-15H2,1H3,(H,20,21). The molecule has 0 spiro atoms. The first-order valence-electron chi connectivity index (χ1n) is 10.1. The summed E-state index contributed by atoms with van der Waals surface area (Å²) in [5.41, 5.74) is 0. The van der Waals surface area contributed by atoms with Crippen LogP contribution in [0.5, 0.6) is 0 Å². The molecule has 0 aromatic heterocycles. The molecule has 1 aliphatic carbocycles. The van der Waals surface area contributed by atoms with Gasteiger partial charge >= 0.3 is 0 Å². The molecule has 0 bridgehead atoms. The molecule has 2 saturated heterocycles. The van der Waals surface area contributed by atoms with E-state index in [0.29, 0.717) is 0 Å². The number of hydrogen-bond donors (Lipinski definition) is 1. The van der Waals surface area contributed by atoms with Crippen LogP contribution in [0.3, 0.4) is 0 Å². The second-order valence-corrected chi connectivity index (χ2v) is 7.44. The molecular weight excluding hydrogens is 302 g/mol. The van der Waals surface area contributed by atoms with Crippen molar-refractivity contribution in [1.29, 1.82) is 0 Å². The van der Waals surface area contributed by atoms with Crippen LogP contribution in [0.1, 0.15) is 58.3 Å². The number of rotatable bonds is 5. The van der Waals surface area contributed by atoms with E-state index in [-0.39, 0.29) is 12.2 Å². The third-order valence-corrected chi connectivity index (χ3v) is 5.63. The molecule has 3 aliphatic rings. The van der Waals surface area contributed by atoms with Crippen molar-refractivity contribution in [2.45, 2.75) is 70.5 Å². The Bertz CT molecular complexity index is 390. The second kappa shape index (κ2) is 9.62. The molecule has 1 N–H and O–H groups in total. The summed E-state index contributed by atoms with van der Waals surface area (Å²) in [6.07, 6.45) is 11.1. The Kier molecular flexibility index (Phi) is 7.21. The normalized spacial score (nSPS) is 29.9. The number of guanidine groups is 1. The van der Waals surface area contributed by atoms with E-state index in [1.807, 2.05) is 0 Å². The van der Waals surface area contributed by atoms with Crippen LogP contribution in [0, 0.1) is 5.92 Å². The zero-order chi connectivity index (χ0) is 16.6. The van der Waals surface area contributed by atoms with Crippen molar-refractivity contribution >= 4 is 5.96 Å². The van der Waals surface area contributed by atoms with E-state index in [1.54, 1.807) is 0 Å². The molecule has 24 heavy (non-hydrogen) atoms. The molecule has 5 nitrogen and oxygen atoms in total. The molecule has 0 amide bonds. The van der Waals surface area contributed by atoms with Gasteiger partial charge in [0.25, 0.3) is 0 Å². The van der Waals surface area contributed by atoms with Gasteiger partial charge in [0.1, 0.15) is 6.10 Å². The number of nitrogens with zero attached hydrogens (tertiary/aromatic N) is 2. The summed E-state index contributed by atoms with van der Waals surface area (Å²) in [6, 6.07) is 0. The molecule has 3 rings (SSSR count). The zero-order valence-corrected chi connectivity index (χ0v) is 15.3. The summed E-state index contributed by atoms with van der Waals surface area (Å²) < 4.78 is 11.8. The first-order valence-corrected chi connectivity index (χ1v) is 10.1. The molecule has 2 aliphatic heterocycles. The van der Waals surface area contributed by atoms with Crippen molar-refractivity contribution in [3.63, 3.8) is 0 Å². The molecule has 2 unspecified atom stereocenters. The Hall–Kier alpha value is -0.810. The Balaban J connectivity index is 1.51. The summed E-state index contributed by atoms with van der Waals surface area (Å²) in [5, 5.41) is 3.48. The first kappa shape index (κ1) is 18.0. The van der Waals surface area contributed by atoms with Crippen LogP contribution in [0.25, 0.3) is 0 Å². The molecule has 0 aromatic rings. The predicted molar refractivity (Wildman–Crippen MR) is 97.5 cm³/mol. The summed E-state index contributed by atoms with van der Waals surface area (Å²) >= 11 is 0. The Morgan fingerprint density at radius 1 is 1.04 bits per heavy atom. The van der Waals surface area contributed by atoms with Gasteiger partial charge in [-0.2, -0.15) is 0 Å². The van der Waals surface area contributed by atoms with Crippen molar-refractivity contribution in [2.24, 2.45) is 10.9 Å². The van der Waals surface area contributed by atoms with Gasteiger partial charge in [0.2, 0.25) is 0 Å². The quantitative estimate of drug-likeness (QED) is 0.619. The summed E-state index contributed by atoms with van der Waals surface area (Å²) in [6.45, 7) is 7.52. The van der Waals surface area contributed by atoms with Crippen LogP contribution in [0.15, 0.2) is 4.99 Å². The van der Waals surface area contributed by atoms with E-state index < -0.39 is 0 Å². The monoisotopic (exact) mass is 337 g/mol. The fourth-order valence-corrected chi connectivity index (χ4v) is 4.24. The fraction of sp³-hybridized carbons (Fsp3) is 0.947. The van der Waals surface area contributed by atoms with Gasteiger partial charge in [0.05, 0.1) is 12.7 Å². The average Bonchev–Trinajstić information content (AvgIpc) is 3.17. The highest BCUT2D eigenvalue weighted by atomic mass is 16.5. The van der Waals surface area contributed by atoms with Crippen LogP contribution in [0.4, 0.5) is 0 Å². The van der Waals surface area contributed by atoms with Crippen molar-refractivity contribution < 1.29 is 9.47 Å². The molecule has 1 saturated carbocycles. The highest BCUT2D eigenvalue weighted by Crippen LogP contribution is 2.26. The van der Waals surface area contributed by atoms with E-state index in [2.05, 4.69) is 17.1 Å². The molecule has 2 atom stereocenters. The maximum absolute atomic E-state index is 5.97. The zero-order valence-electron chi connectivity index (χ0n) is 15.3. The van der Waals surface area contributed by atoms with Gasteiger partial charge in [-0.15, -0.1) is 0 Å². The van der Waals surface area contributed by atoms with E-state index in [4.69, 9.17) is 14.5 Å². The minimum atomic E-state index is 0.198. The van der Waals surface area contributed by atoms with Gasteiger partial charge in [-0.3, -0.25) is 4.99 Å². The largest absolute Gasteiger partial charge is 0.375 e. The number of hydrogen-bond acceptors (Lipinski definition) is 3. The van der Waals surface area contributed by atoms with Gasteiger partial charge in [0.15, 0.2) is 5.96 Å². The lowest BCUT2D eigenvalue weighted by Gasteiger charge is -2.37. The number of nitrogens with one attached hydrogen (secondary N) is 1. The molecule has 3 fully saturated rings. The third-order valence-electron chi connectivity index (χ3n) is 5.63. The van der Waals surface area contributed by atoms with Crippen molar-refractivity contribution in [3.05, 3.63) is 0 Å². The van der Waals surface area contributed by atoms with Gasteiger partial charge in [-0.05, 0) is 32.1 Å². The van der Waals surface area contributed by atoms with E-state index in [1.165, 1.54) is 44.9 Å². The lowest BCUT2D eigenvalue weighted by Crippen LogP contribution is -2.53. The van der Waals surface area contributed by atoms with Crippen molar-refractivity contribution in [2.75, 3.05) is 39.4 Å². The summed E-state index contributed by atoms with van der Waals surface area (Å²) in [4.78, 5) is 7.30. The van der Waals surface area contributed by atoms with Crippen molar-refractivity contribution in [1.82, 2.24) is 10.2 Å². The molecule has 138 valence electrons. The Morgan fingerprint density at radius 3 is 2.62 bits per heavy atom. The molecule has 0 aromatic carbocycles. The van der Waals surface area contributed by atoms with Gasteiger partial charge in [-0.1, -0.05) is 32.1 Å². The molecular formula is C19H35N3O2. The predicted octanol–water partition coefficient (Wildman–Crippen LogP) is 2.80. The average molecular weight is 338 g/mol. The van der Waals surface area contributed by atoms with Crippen molar-refractivity contribution in [3.8, 4) is 0 Å². The summed E-state index contributed by atoms with van der Waals surface area (Å²) in [7, 11) is 0. The van der Waals surface area contributed by atoms with Crippen LogP contribution in [-0.4, -0.2) is 62.5 Å². The van der Waals surface area contributed by atoms with E-state index >= 15 is 0 Å². The maximum Gasteiger partial charge on any atom is 0.194 e. The van der Waals surface area contributed by atoms with Gasteiger partial charge in [0, 0.05) is 32.8 Å². The highest BCUT2D eigenvalue weighted by Gasteiger charge is 2.32. The second-order valence-electron chi connectivity index (χ2n) is 7.44. The molecule has 0 radical (unpaired) electrons. The number of ether oxygens (including phenoxy) is 2. The first-order chi connectivity index (χ1) is 11.9. The minimum Gasteiger partial charge on any atom is -0.375 e. The maximum atomic E-state index is 5.97. The minimum absolute atomic E-state index is 0.198. The van der Waals surface area contributed by atoms with Crippen LogP contribution < -0.4 is 5.32 Å². The van der Waals surface area contributed by atoms with Gasteiger partial charge < -0.3 is 19.7 Å². The summed E-state index contributed by atoms with van der Waals surface area (Å²) in [5.74, 6) is 1.97. The smallest absolute Gasteiger partial charge is 0.194 e. The Morgan fingerprint density at radius 2 is 1.88 bits per heavy atom. The molecule has 5 heteroatoms. The van der Waals surface area contributed by atoms with E-state index in [9.17, 15) is 0 Å². The van der Waals surface area contributed by atoms with Crippen LogP contribution in [-0.2, 0) is 9.47 Å². The van der Waals surface area contributed by atoms with Crippen LogP contribution in [0.2, 0.25) is 0 Å². The van der Waals surface area contributed by atoms with E-state index in [0.717, 1.165) is 57.7 Å².